The van der Waals surface area contributed by atoms with Crippen LogP contribution in [-0.4, -0.2) is 47.3 Å². The number of aliphatic carboxylic acids is 1. The van der Waals surface area contributed by atoms with Crippen LogP contribution >= 0.6 is 12.4 Å². The van der Waals surface area contributed by atoms with E-state index in [1.807, 2.05) is 0 Å². The maximum Gasteiger partial charge on any atom is 0.323 e. The van der Waals surface area contributed by atoms with Crippen molar-refractivity contribution in [1.29, 1.82) is 0 Å². The zero-order valence-corrected chi connectivity index (χ0v) is 7.63. The number of likely N-dealkylation sites (N-methyl/N-ethyl adjacent to an activating group) is 1. The summed E-state index contributed by atoms with van der Waals surface area (Å²) >= 11 is 0. The minimum Gasteiger partial charge on any atom is -0.480 e. The fourth-order valence-corrected chi connectivity index (χ4v) is 0.859. The van der Waals surface area contributed by atoms with Gasteiger partial charge in [-0.3, -0.25) is 9.69 Å². The summed E-state index contributed by atoms with van der Waals surface area (Å²) in [4.78, 5) is 11.8. The van der Waals surface area contributed by atoms with E-state index < -0.39 is 18.1 Å². The zero-order valence-electron chi connectivity index (χ0n) is 6.81. The molecule has 0 radical (unpaired) electrons. The second kappa shape index (κ2) is 5.35. The molecular formula is C6H14ClNO3. The average Bonchev–Trinajstić information content (AvgIpc) is 1.59. The van der Waals surface area contributed by atoms with Crippen LogP contribution < -0.4 is 0 Å². The lowest BCUT2D eigenvalue weighted by Crippen LogP contribution is -2.43. The molecule has 0 fully saturated rings. The van der Waals surface area contributed by atoms with E-state index in [2.05, 4.69) is 0 Å². The fraction of sp³-hybridized carbons (Fsp3) is 0.833. The summed E-state index contributed by atoms with van der Waals surface area (Å²) in [5.74, 6) is -1.00. The lowest BCUT2D eigenvalue weighted by Gasteiger charge is -2.21. The molecule has 0 amide bonds. The number of hydrogen-bond acceptors (Lipinski definition) is 3. The molecule has 68 valence electrons. The van der Waals surface area contributed by atoms with Crippen LogP contribution in [0.2, 0.25) is 0 Å². The van der Waals surface area contributed by atoms with E-state index in [1.54, 1.807) is 14.1 Å². The summed E-state index contributed by atoms with van der Waals surface area (Å²) in [5, 5.41) is 17.4. The van der Waals surface area contributed by atoms with Crippen molar-refractivity contribution in [1.82, 2.24) is 4.90 Å². The van der Waals surface area contributed by atoms with Crippen LogP contribution in [-0.2, 0) is 4.79 Å². The third-order valence-electron chi connectivity index (χ3n) is 1.27. The monoisotopic (exact) mass is 183 g/mol. The molecule has 2 N–H and O–H groups in total. The van der Waals surface area contributed by atoms with Crippen molar-refractivity contribution in [2.45, 2.75) is 19.1 Å². The van der Waals surface area contributed by atoms with Gasteiger partial charge in [0.1, 0.15) is 6.04 Å². The van der Waals surface area contributed by atoms with Gasteiger partial charge in [-0.1, -0.05) is 0 Å². The van der Waals surface area contributed by atoms with Gasteiger partial charge in [-0.2, -0.15) is 0 Å². The van der Waals surface area contributed by atoms with Crippen LogP contribution in [0, 0.1) is 0 Å². The highest BCUT2D eigenvalue weighted by atomic mass is 35.5. The predicted molar refractivity (Wildman–Crippen MR) is 44.0 cm³/mol. The molecule has 0 aliphatic rings. The Morgan fingerprint density at radius 2 is 1.82 bits per heavy atom. The lowest BCUT2D eigenvalue weighted by molar-refractivity contribution is -0.145. The van der Waals surface area contributed by atoms with E-state index in [1.165, 1.54) is 11.8 Å². The molecule has 0 saturated carbocycles. The van der Waals surface area contributed by atoms with Gasteiger partial charge in [0.15, 0.2) is 0 Å². The molecule has 0 bridgehead atoms. The number of nitrogens with zero attached hydrogens (tertiary/aromatic N) is 1. The number of hydrogen-bond donors (Lipinski definition) is 2. The average molecular weight is 184 g/mol. The van der Waals surface area contributed by atoms with Crippen molar-refractivity contribution < 1.29 is 15.0 Å². The van der Waals surface area contributed by atoms with Gasteiger partial charge in [-0.05, 0) is 21.0 Å². The first kappa shape index (κ1) is 13.3. The van der Waals surface area contributed by atoms with Crippen molar-refractivity contribution in [2.75, 3.05) is 14.1 Å². The molecule has 0 aromatic heterocycles. The zero-order chi connectivity index (χ0) is 8.31. The molecule has 5 heteroatoms. The van der Waals surface area contributed by atoms with Crippen LogP contribution in [0.1, 0.15) is 6.92 Å². The normalized spacial score (nSPS) is 15.4. The van der Waals surface area contributed by atoms with Crippen molar-refractivity contribution in [3.63, 3.8) is 0 Å². The highest BCUT2D eigenvalue weighted by Gasteiger charge is 2.24. The number of aliphatic hydroxyl groups is 1. The van der Waals surface area contributed by atoms with Crippen LogP contribution in [0.4, 0.5) is 0 Å². The highest BCUT2D eigenvalue weighted by molar-refractivity contribution is 5.85. The summed E-state index contributed by atoms with van der Waals surface area (Å²) in [6, 6.07) is -0.806. The molecule has 0 aromatic carbocycles. The minimum atomic E-state index is -1.00. The molecule has 0 aliphatic carbocycles. The number of carboxylic acids is 1. The SMILES string of the molecule is C[C@@H](O)[C@@H](C(=O)O)N(C)C.Cl. The van der Waals surface area contributed by atoms with Gasteiger partial charge in [-0.25, -0.2) is 0 Å². The Hall–Kier alpha value is -0.320. The van der Waals surface area contributed by atoms with Gasteiger partial charge in [0, 0.05) is 0 Å². The predicted octanol–water partition coefficient (Wildman–Crippen LogP) is -0.196. The highest BCUT2D eigenvalue weighted by Crippen LogP contribution is 1.99. The summed E-state index contributed by atoms with van der Waals surface area (Å²) < 4.78 is 0. The van der Waals surface area contributed by atoms with E-state index >= 15 is 0 Å². The number of halogens is 1. The second-order valence-electron chi connectivity index (χ2n) is 2.49. The fourth-order valence-electron chi connectivity index (χ4n) is 0.859. The van der Waals surface area contributed by atoms with Gasteiger partial charge in [-0.15, -0.1) is 12.4 Å². The Balaban J connectivity index is 0. The maximum absolute atomic E-state index is 10.4. The Morgan fingerprint density at radius 3 is 1.82 bits per heavy atom. The number of aliphatic hydroxyl groups excluding tert-OH is 1. The van der Waals surface area contributed by atoms with Gasteiger partial charge >= 0.3 is 5.97 Å². The lowest BCUT2D eigenvalue weighted by atomic mass is 10.2. The van der Waals surface area contributed by atoms with Crippen molar-refractivity contribution in [2.24, 2.45) is 0 Å². The number of carbonyl (C=O) groups is 1. The molecule has 0 aliphatic heterocycles. The third kappa shape index (κ3) is 4.19. The van der Waals surface area contributed by atoms with Crippen molar-refractivity contribution in [3.8, 4) is 0 Å². The van der Waals surface area contributed by atoms with Gasteiger partial charge in [0.05, 0.1) is 6.10 Å². The van der Waals surface area contributed by atoms with E-state index in [0.29, 0.717) is 0 Å². The Bertz CT molecular complexity index is 119. The molecule has 11 heavy (non-hydrogen) atoms. The van der Waals surface area contributed by atoms with E-state index in [9.17, 15) is 4.79 Å². The maximum atomic E-state index is 10.4. The smallest absolute Gasteiger partial charge is 0.323 e. The standard InChI is InChI=1S/C6H13NO3.ClH/c1-4(8)5(6(9)10)7(2)3;/h4-5,8H,1-3H3,(H,9,10);1H/t4-,5+;/m1./s1. The van der Waals surface area contributed by atoms with Gasteiger partial charge in [0.2, 0.25) is 0 Å². The van der Waals surface area contributed by atoms with E-state index in [4.69, 9.17) is 10.2 Å². The summed E-state index contributed by atoms with van der Waals surface area (Å²) in [6.45, 7) is 1.46. The Labute approximate surface area is 72.2 Å². The molecule has 0 unspecified atom stereocenters. The summed E-state index contributed by atoms with van der Waals surface area (Å²) in [6.07, 6.45) is -0.840. The Morgan fingerprint density at radius 1 is 1.45 bits per heavy atom. The first-order chi connectivity index (χ1) is 4.46. The summed E-state index contributed by atoms with van der Waals surface area (Å²) in [5.41, 5.74) is 0. The molecule has 2 atom stereocenters. The number of rotatable bonds is 3. The van der Waals surface area contributed by atoms with E-state index in [-0.39, 0.29) is 12.4 Å². The molecular weight excluding hydrogens is 170 g/mol. The Kier molecular flexibility index (Phi) is 6.46. The number of carboxylic acid groups (broad SMARTS) is 1. The third-order valence-corrected chi connectivity index (χ3v) is 1.27. The summed E-state index contributed by atoms with van der Waals surface area (Å²) in [7, 11) is 3.23. The molecule has 0 rings (SSSR count). The van der Waals surface area contributed by atoms with Crippen molar-refractivity contribution in [3.05, 3.63) is 0 Å². The topological polar surface area (TPSA) is 60.8 Å². The molecule has 0 spiro atoms. The van der Waals surface area contributed by atoms with Crippen LogP contribution in [0.15, 0.2) is 0 Å². The largest absolute Gasteiger partial charge is 0.480 e. The quantitative estimate of drug-likeness (QED) is 0.637. The molecule has 0 saturated heterocycles. The first-order valence-corrected chi connectivity index (χ1v) is 3.04. The molecule has 0 aromatic rings. The van der Waals surface area contributed by atoms with Crippen LogP contribution in [0.25, 0.3) is 0 Å². The van der Waals surface area contributed by atoms with Crippen LogP contribution in [0.5, 0.6) is 0 Å². The van der Waals surface area contributed by atoms with Crippen LogP contribution in [0.3, 0.4) is 0 Å². The van der Waals surface area contributed by atoms with Gasteiger partial charge in [0.25, 0.3) is 0 Å². The molecule has 0 heterocycles. The second-order valence-corrected chi connectivity index (χ2v) is 2.49. The van der Waals surface area contributed by atoms with E-state index in [0.717, 1.165) is 0 Å². The minimum absolute atomic E-state index is 0. The molecule has 4 nitrogen and oxygen atoms in total. The van der Waals surface area contributed by atoms with Gasteiger partial charge < -0.3 is 10.2 Å². The first-order valence-electron chi connectivity index (χ1n) is 3.04. The van der Waals surface area contributed by atoms with Crippen molar-refractivity contribution >= 4 is 18.4 Å².